The fourth-order valence-corrected chi connectivity index (χ4v) is 2.05. The second kappa shape index (κ2) is 8.14. The van der Waals surface area contributed by atoms with Crippen LogP contribution in [0.2, 0.25) is 0 Å². The van der Waals surface area contributed by atoms with E-state index in [0.29, 0.717) is 11.7 Å². The highest BCUT2D eigenvalue weighted by atomic mass is 32.1. The number of hydrogen-bond acceptors (Lipinski definition) is 3. The van der Waals surface area contributed by atoms with Crippen molar-refractivity contribution in [2.75, 3.05) is 11.9 Å². The minimum atomic E-state index is 0.438. The van der Waals surface area contributed by atoms with Gasteiger partial charge in [0.15, 0.2) is 5.11 Å². The van der Waals surface area contributed by atoms with Gasteiger partial charge in [-0.2, -0.15) is 5.10 Å². The molecule has 0 unspecified atom stereocenters. The molecule has 0 fully saturated rings. The van der Waals surface area contributed by atoms with Crippen LogP contribution in [0, 0.1) is 6.92 Å². The van der Waals surface area contributed by atoms with Gasteiger partial charge in [0.25, 0.3) is 0 Å². The Morgan fingerprint density at radius 1 is 1.23 bits per heavy atom. The second-order valence-electron chi connectivity index (χ2n) is 4.70. The highest BCUT2D eigenvalue weighted by molar-refractivity contribution is 7.80. The monoisotopic (exact) mass is 313 g/mol. The van der Waals surface area contributed by atoms with Crippen LogP contribution < -0.4 is 15.5 Å². The molecule has 0 spiro atoms. The first kappa shape index (κ1) is 16.0. The van der Waals surface area contributed by atoms with Crippen molar-refractivity contribution in [1.29, 1.82) is 0 Å². The van der Waals surface area contributed by atoms with Crippen molar-refractivity contribution in [3.63, 3.8) is 0 Å². The van der Waals surface area contributed by atoms with Crippen LogP contribution in [-0.2, 0) is 0 Å². The van der Waals surface area contributed by atoms with Gasteiger partial charge in [-0.05, 0) is 55.9 Å². The molecule has 2 aromatic rings. The number of ether oxygens (including phenoxy) is 1. The number of hydrazone groups is 1. The van der Waals surface area contributed by atoms with Crippen molar-refractivity contribution in [3.8, 4) is 5.75 Å². The summed E-state index contributed by atoms with van der Waals surface area (Å²) in [5.74, 6) is 0.837. The molecule has 22 heavy (non-hydrogen) atoms. The summed E-state index contributed by atoms with van der Waals surface area (Å²) in [5.41, 5.74) is 5.90. The largest absolute Gasteiger partial charge is 0.494 e. The van der Waals surface area contributed by atoms with E-state index in [-0.39, 0.29) is 0 Å². The molecule has 0 aliphatic heterocycles. The Morgan fingerprint density at radius 3 is 2.68 bits per heavy atom. The van der Waals surface area contributed by atoms with E-state index in [1.54, 1.807) is 6.21 Å². The van der Waals surface area contributed by atoms with Gasteiger partial charge >= 0.3 is 0 Å². The van der Waals surface area contributed by atoms with Gasteiger partial charge in [0.2, 0.25) is 0 Å². The molecule has 0 saturated carbocycles. The zero-order valence-corrected chi connectivity index (χ0v) is 13.5. The Morgan fingerprint density at radius 2 is 2.00 bits per heavy atom. The molecule has 0 aliphatic rings. The van der Waals surface area contributed by atoms with Crippen molar-refractivity contribution < 1.29 is 4.74 Å². The molecule has 0 aromatic heterocycles. The highest BCUT2D eigenvalue weighted by Gasteiger charge is 1.97. The summed E-state index contributed by atoms with van der Waals surface area (Å²) >= 11 is 5.19. The third-order valence-corrected chi connectivity index (χ3v) is 3.04. The van der Waals surface area contributed by atoms with Gasteiger partial charge in [0, 0.05) is 5.69 Å². The van der Waals surface area contributed by atoms with Gasteiger partial charge in [-0.25, -0.2) is 0 Å². The summed E-state index contributed by atoms with van der Waals surface area (Å²) in [5, 5.41) is 7.62. The molecular formula is C17H19N3OS. The van der Waals surface area contributed by atoms with Crippen LogP contribution in [0.3, 0.4) is 0 Å². The fraction of sp³-hybridized carbons (Fsp3) is 0.176. The van der Waals surface area contributed by atoms with Crippen molar-refractivity contribution in [2.24, 2.45) is 5.10 Å². The van der Waals surface area contributed by atoms with Gasteiger partial charge in [0.05, 0.1) is 12.8 Å². The number of benzene rings is 2. The van der Waals surface area contributed by atoms with E-state index in [0.717, 1.165) is 17.0 Å². The minimum absolute atomic E-state index is 0.438. The van der Waals surface area contributed by atoms with E-state index in [4.69, 9.17) is 17.0 Å². The van der Waals surface area contributed by atoms with Crippen LogP contribution in [0.25, 0.3) is 0 Å². The molecule has 0 aliphatic carbocycles. The topological polar surface area (TPSA) is 45.6 Å². The Hall–Kier alpha value is -2.40. The van der Waals surface area contributed by atoms with Crippen LogP contribution in [0.1, 0.15) is 18.1 Å². The lowest BCUT2D eigenvalue weighted by Crippen LogP contribution is -2.23. The Balaban J connectivity index is 1.85. The summed E-state index contributed by atoms with van der Waals surface area (Å²) in [4.78, 5) is 0. The number of hydrogen-bond donors (Lipinski definition) is 2. The van der Waals surface area contributed by atoms with E-state index in [1.165, 1.54) is 5.56 Å². The van der Waals surface area contributed by atoms with Gasteiger partial charge in [-0.3, -0.25) is 5.43 Å². The van der Waals surface area contributed by atoms with Gasteiger partial charge < -0.3 is 10.1 Å². The number of anilines is 1. The first-order valence-electron chi connectivity index (χ1n) is 7.07. The Labute approximate surface area is 136 Å². The van der Waals surface area contributed by atoms with Crippen molar-refractivity contribution in [1.82, 2.24) is 5.43 Å². The quantitative estimate of drug-likeness (QED) is 0.502. The van der Waals surface area contributed by atoms with Gasteiger partial charge in [0.1, 0.15) is 5.75 Å². The summed E-state index contributed by atoms with van der Waals surface area (Å²) in [7, 11) is 0. The Kier molecular flexibility index (Phi) is 5.91. The number of thiocarbonyl (C=S) groups is 1. The lowest BCUT2D eigenvalue weighted by molar-refractivity contribution is 0.340. The third kappa shape index (κ3) is 5.18. The average molecular weight is 313 g/mol. The third-order valence-electron chi connectivity index (χ3n) is 2.85. The van der Waals surface area contributed by atoms with Crippen LogP contribution in [0.4, 0.5) is 5.69 Å². The molecule has 0 heterocycles. The average Bonchev–Trinajstić information content (AvgIpc) is 2.50. The summed E-state index contributed by atoms with van der Waals surface area (Å²) < 4.78 is 5.39. The van der Waals surface area contributed by atoms with E-state index < -0.39 is 0 Å². The zero-order valence-electron chi connectivity index (χ0n) is 12.7. The summed E-state index contributed by atoms with van der Waals surface area (Å²) in [6.45, 7) is 4.65. The zero-order chi connectivity index (χ0) is 15.8. The predicted molar refractivity (Wildman–Crippen MR) is 95.7 cm³/mol. The van der Waals surface area contributed by atoms with Crippen LogP contribution in [-0.4, -0.2) is 17.9 Å². The molecule has 0 amide bonds. The van der Waals surface area contributed by atoms with E-state index in [2.05, 4.69) is 15.8 Å². The number of nitrogens with one attached hydrogen (secondary N) is 2. The first-order valence-corrected chi connectivity index (χ1v) is 7.48. The SMILES string of the molecule is CCOc1ccc(NC(=S)N/N=C\c2cccc(C)c2)cc1. The predicted octanol–water partition coefficient (Wildman–Crippen LogP) is 3.71. The Bertz CT molecular complexity index is 653. The number of nitrogens with zero attached hydrogens (tertiary/aromatic N) is 1. The summed E-state index contributed by atoms with van der Waals surface area (Å²) in [6.07, 6.45) is 1.74. The summed E-state index contributed by atoms with van der Waals surface area (Å²) in [6, 6.07) is 15.7. The van der Waals surface area contributed by atoms with Crippen molar-refractivity contribution >= 4 is 29.2 Å². The lowest BCUT2D eigenvalue weighted by Gasteiger charge is -2.08. The molecule has 2 rings (SSSR count). The maximum Gasteiger partial charge on any atom is 0.191 e. The van der Waals surface area contributed by atoms with E-state index in [1.807, 2.05) is 62.4 Å². The highest BCUT2D eigenvalue weighted by Crippen LogP contribution is 2.15. The molecule has 0 bridgehead atoms. The minimum Gasteiger partial charge on any atom is -0.494 e. The van der Waals surface area contributed by atoms with Gasteiger partial charge in [-0.1, -0.05) is 29.8 Å². The van der Waals surface area contributed by atoms with Crippen LogP contribution in [0.15, 0.2) is 53.6 Å². The number of rotatable bonds is 5. The van der Waals surface area contributed by atoms with Crippen LogP contribution in [0.5, 0.6) is 5.75 Å². The molecule has 2 aromatic carbocycles. The van der Waals surface area contributed by atoms with Crippen molar-refractivity contribution in [2.45, 2.75) is 13.8 Å². The second-order valence-corrected chi connectivity index (χ2v) is 5.10. The standard InChI is InChI=1S/C17H19N3OS/c1-3-21-16-9-7-15(8-10-16)19-17(22)20-18-12-14-6-4-5-13(2)11-14/h4-12H,3H2,1-2H3,(H2,19,20,22)/b18-12-. The van der Waals surface area contributed by atoms with E-state index >= 15 is 0 Å². The maximum absolute atomic E-state index is 5.39. The molecule has 0 saturated heterocycles. The van der Waals surface area contributed by atoms with Crippen LogP contribution >= 0.6 is 12.2 Å². The molecule has 114 valence electrons. The number of aryl methyl sites for hydroxylation is 1. The molecule has 0 atom stereocenters. The normalized spacial score (nSPS) is 10.5. The molecule has 5 heteroatoms. The fourth-order valence-electron chi connectivity index (χ4n) is 1.88. The maximum atomic E-state index is 5.39. The van der Waals surface area contributed by atoms with Crippen molar-refractivity contribution in [3.05, 3.63) is 59.7 Å². The molecule has 2 N–H and O–H groups in total. The van der Waals surface area contributed by atoms with Gasteiger partial charge in [-0.15, -0.1) is 0 Å². The van der Waals surface area contributed by atoms with E-state index in [9.17, 15) is 0 Å². The molecular weight excluding hydrogens is 294 g/mol. The smallest absolute Gasteiger partial charge is 0.191 e. The molecule has 0 radical (unpaired) electrons. The molecule has 4 nitrogen and oxygen atoms in total. The lowest BCUT2D eigenvalue weighted by atomic mass is 10.2. The first-order chi connectivity index (χ1) is 10.7.